The monoisotopic (exact) mass is 462 g/mol. The number of anilines is 1. The van der Waals surface area contributed by atoms with E-state index in [1.807, 2.05) is 66.7 Å². The molecule has 1 aliphatic rings. The van der Waals surface area contributed by atoms with Gasteiger partial charge in [-0.25, -0.2) is 0 Å². The highest BCUT2D eigenvalue weighted by atomic mass is 35.5. The Kier molecular flexibility index (Phi) is 7.30. The van der Waals surface area contributed by atoms with E-state index >= 15 is 0 Å². The van der Waals surface area contributed by atoms with Crippen LogP contribution in [0.5, 0.6) is 0 Å². The first-order chi connectivity index (χ1) is 16.0. The van der Waals surface area contributed by atoms with Crippen LogP contribution < -0.4 is 4.90 Å². The summed E-state index contributed by atoms with van der Waals surface area (Å²) >= 11 is 6.27. The van der Waals surface area contributed by atoms with Crippen molar-refractivity contribution in [1.29, 1.82) is 0 Å². The molecule has 5 nitrogen and oxygen atoms in total. The first-order valence-electron chi connectivity index (χ1n) is 11.1. The van der Waals surface area contributed by atoms with E-state index in [0.717, 1.165) is 35.5 Å². The summed E-state index contributed by atoms with van der Waals surface area (Å²) < 4.78 is 5.35. The number of amides is 1. The highest BCUT2D eigenvalue weighted by molar-refractivity contribution is 6.33. The number of rotatable bonds is 6. The van der Waals surface area contributed by atoms with Crippen LogP contribution in [0.15, 0.2) is 78.9 Å². The molecule has 1 aliphatic heterocycles. The molecule has 0 saturated carbocycles. The Labute approximate surface area is 199 Å². The van der Waals surface area contributed by atoms with Crippen LogP contribution in [-0.4, -0.2) is 49.6 Å². The number of nitrogens with zero attached hydrogens (tertiary/aromatic N) is 2. The van der Waals surface area contributed by atoms with Gasteiger partial charge < -0.3 is 14.5 Å². The minimum absolute atomic E-state index is 0.155. The molecule has 0 N–H and O–H groups in total. The molecule has 1 fully saturated rings. The van der Waals surface area contributed by atoms with Gasteiger partial charge >= 0.3 is 5.97 Å². The van der Waals surface area contributed by atoms with E-state index in [2.05, 4.69) is 17.0 Å². The van der Waals surface area contributed by atoms with Crippen molar-refractivity contribution in [3.63, 3.8) is 0 Å². The largest absolute Gasteiger partial charge is 0.455 e. The Morgan fingerprint density at radius 1 is 0.879 bits per heavy atom. The van der Waals surface area contributed by atoms with Gasteiger partial charge in [0.1, 0.15) is 0 Å². The van der Waals surface area contributed by atoms with Crippen molar-refractivity contribution in [2.24, 2.45) is 0 Å². The average Bonchev–Trinajstić information content (AvgIpc) is 2.87. The van der Waals surface area contributed by atoms with Crippen molar-refractivity contribution in [1.82, 2.24) is 4.90 Å². The number of carbonyl (C=O) groups excluding carboxylic acids is 2. The highest BCUT2D eigenvalue weighted by Crippen LogP contribution is 2.29. The molecule has 0 aromatic heterocycles. The summed E-state index contributed by atoms with van der Waals surface area (Å²) in [6.45, 7) is 4.31. The molecular formula is C27H27ClN2O3. The maximum absolute atomic E-state index is 12.6. The summed E-state index contributed by atoms with van der Waals surface area (Å²) in [7, 11) is 0. The zero-order valence-corrected chi connectivity index (χ0v) is 19.4. The molecule has 6 heteroatoms. The topological polar surface area (TPSA) is 49.9 Å². The van der Waals surface area contributed by atoms with E-state index in [9.17, 15) is 9.59 Å². The van der Waals surface area contributed by atoms with Crippen LogP contribution in [0.3, 0.4) is 0 Å². The molecule has 1 heterocycles. The van der Waals surface area contributed by atoms with Gasteiger partial charge in [-0.2, -0.15) is 0 Å². The molecule has 3 aromatic carbocycles. The fourth-order valence-electron chi connectivity index (χ4n) is 3.98. The molecule has 1 atom stereocenters. The van der Waals surface area contributed by atoms with Crippen molar-refractivity contribution in [2.45, 2.75) is 12.8 Å². The molecule has 4 rings (SSSR count). The van der Waals surface area contributed by atoms with E-state index in [0.29, 0.717) is 18.1 Å². The van der Waals surface area contributed by atoms with E-state index in [1.165, 1.54) is 0 Å². The molecule has 33 heavy (non-hydrogen) atoms. The number of halogens is 1. The number of hydrogen-bond acceptors (Lipinski definition) is 4. The maximum atomic E-state index is 12.6. The fourth-order valence-corrected chi connectivity index (χ4v) is 4.23. The van der Waals surface area contributed by atoms with Crippen molar-refractivity contribution >= 4 is 29.2 Å². The third kappa shape index (κ3) is 5.55. The van der Waals surface area contributed by atoms with Crippen LogP contribution >= 0.6 is 11.6 Å². The fraction of sp³-hybridized carbons (Fsp3) is 0.259. The zero-order valence-electron chi connectivity index (χ0n) is 18.6. The Morgan fingerprint density at radius 2 is 1.52 bits per heavy atom. The van der Waals surface area contributed by atoms with Gasteiger partial charge in [-0.3, -0.25) is 9.59 Å². The van der Waals surface area contributed by atoms with Gasteiger partial charge in [0.15, 0.2) is 6.61 Å². The minimum Gasteiger partial charge on any atom is -0.455 e. The first-order valence-corrected chi connectivity index (χ1v) is 11.5. The number of benzene rings is 3. The maximum Gasteiger partial charge on any atom is 0.313 e. The van der Waals surface area contributed by atoms with Crippen LogP contribution in [0.4, 0.5) is 5.69 Å². The van der Waals surface area contributed by atoms with Crippen molar-refractivity contribution in [3.8, 4) is 11.1 Å². The molecule has 170 valence electrons. The second-order valence-electron chi connectivity index (χ2n) is 8.13. The second-order valence-corrected chi connectivity index (χ2v) is 8.54. The lowest BCUT2D eigenvalue weighted by Gasteiger charge is -2.36. The molecule has 1 unspecified atom stereocenters. The van der Waals surface area contributed by atoms with Gasteiger partial charge in [0, 0.05) is 42.5 Å². The SMILES string of the molecule is CC(C(=O)OCC(=O)N1CCN(c2ccccc2)CC1)c1ccc(-c2ccccc2Cl)cc1. The number of esters is 1. The number of para-hydroxylation sites is 1. The van der Waals surface area contributed by atoms with Gasteiger partial charge in [-0.05, 0) is 36.2 Å². The molecular weight excluding hydrogens is 436 g/mol. The molecule has 1 saturated heterocycles. The molecule has 0 bridgehead atoms. The second kappa shape index (κ2) is 10.5. The van der Waals surface area contributed by atoms with Crippen molar-refractivity contribution in [2.75, 3.05) is 37.7 Å². The van der Waals surface area contributed by atoms with Crippen molar-refractivity contribution in [3.05, 3.63) is 89.4 Å². The van der Waals surface area contributed by atoms with E-state index in [4.69, 9.17) is 16.3 Å². The lowest BCUT2D eigenvalue weighted by atomic mass is 9.97. The van der Waals surface area contributed by atoms with Crippen LogP contribution in [0.25, 0.3) is 11.1 Å². The average molecular weight is 463 g/mol. The zero-order chi connectivity index (χ0) is 23.2. The summed E-state index contributed by atoms with van der Waals surface area (Å²) in [5.41, 5.74) is 3.92. The van der Waals surface area contributed by atoms with Crippen LogP contribution in [0.1, 0.15) is 18.4 Å². The quantitative estimate of drug-likeness (QED) is 0.483. The van der Waals surface area contributed by atoms with Crippen LogP contribution in [0.2, 0.25) is 5.02 Å². The summed E-state index contributed by atoms with van der Waals surface area (Å²) in [6, 6.07) is 25.5. The minimum atomic E-state index is -0.465. The van der Waals surface area contributed by atoms with Gasteiger partial charge in [-0.15, -0.1) is 0 Å². The van der Waals surface area contributed by atoms with Crippen molar-refractivity contribution < 1.29 is 14.3 Å². The third-order valence-corrected chi connectivity index (χ3v) is 6.37. The molecule has 3 aromatic rings. The number of ether oxygens (including phenoxy) is 1. The number of carbonyl (C=O) groups is 2. The predicted octanol–water partition coefficient (Wildman–Crippen LogP) is 5.00. The van der Waals surface area contributed by atoms with E-state index in [1.54, 1.807) is 11.8 Å². The van der Waals surface area contributed by atoms with Crippen LogP contribution in [-0.2, 0) is 14.3 Å². The molecule has 0 spiro atoms. The normalized spacial score (nSPS) is 14.6. The Hall–Kier alpha value is -3.31. The Balaban J connectivity index is 1.27. The van der Waals surface area contributed by atoms with Gasteiger partial charge in [-0.1, -0.05) is 72.3 Å². The standard InChI is InChI=1S/C27H27ClN2O3/c1-20(21-11-13-22(14-12-21)24-9-5-6-10-25(24)28)27(32)33-19-26(31)30-17-15-29(16-18-30)23-7-3-2-4-8-23/h2-14,20H,15-19H2,1H3. The predicted molar refractivity (Wildman–Crippen MR) is 131 cm³/mol. The summed E-state index contributed by atoms with van der Waals surface area (Å²) in [6.07, 6.45) is 0. The number of piperazine rings is 1. The van der Waals surface area contributed by atoms with Gasteiger partial charge in [0.05, 0.1) is 5.92 Å². The lowest BCUT2D eigenvalue weighted by Crippen LogP contribution is -2.50. The highest BCUT2D eigenvalue weighted by Gasteiger charge is 2.24. The lowest BCUT2D eigenvalue weighted by molar-refractivity contribution is -0.153. The molecule has 0 radical (unpaired) electrons. The smallest absolute Gasteiger partial charge is 0.313 e. The van der Waals surface area contributed by atoms with Crippen LogP contribution in [0, 0.1) is 0 Å². The Bertz CT molecular complexity index is 1090. The van der Waals surface area contributed by atoms with Gasteiger partial charge in [0.2, 0.25) is 0 Å². The first kappa shape index (κ1) is 22.9. The molecule has 1 amide bonds. The summed E-state index contributed by atoms with van der Waals surface area (Å²) in [5.74, 6) is -1.03. The van der Waals surface area contributed by atoms with E-state index in [-0.39, 0.29) is 12.5 Å². The Morgan fingerprint density at radius 3 is 2.18 bits per heavy atom. The number of hydrogen-bond donors (Lipinski definition) is 0. The summed E-state index contributed by atoms with van der Waals surface area (Å²) in [5, 5.41) is 0.681. The van der Waals surface area contributed by atoms with E-state index < -0.39 is 11.9 Å². The third-order valence-electron chi connectivity index (χ3n) is 6.04. The van der Waals surface area contributed by atoms with Gasteiger partial charge in [0.25, 0.3) is 5.91 Å². The molecule has 0 aliphatic carbocycles. The summed E-state index contributed by atoms with van der Waals surface area (Å²) in [4.78, 5) is 29.1.